The molecule has 4 rings (SSSR count). The summed E-state index contributed by atoms with van der Waals surface area (Å²) in [5.74, 6) is -3.04. The number of esters is 2. The number of fused-ring (bicyclic) bond motifs is 2. The number of allylic oxidation sites excluding steroid dienone is 3. The minimum absolute atomic E-state index is 0.0469. The van der Waals surface area contributed by atoms with Crippen LogP contribution < -0.4 is 0 Å². The first-order valence-corrected chi connectivity index (χ1v) is 9.15. The second kappa shape index (κ2) is 5.78. The van der Waals surface area contributed by atoms with Gasteiger partial charge in [0.05, 0.1) is 6.61 Å². The van der Waals surface area contributed by atoms with E-state index >= 15 is 0 Å². The Morgan fingerprint density at radius 1 is 1.29 bits per heavy atom. The van der Waals surface area contributed by atoms with Gasteiger partial charge in [-0.15, -0.1) is 0 Å². The van der Waals surface area contributed by atoms with E-state index in [0.29, 0.717) is 5.57 Å². The molecule has 150 valence electrons. The molecule has 2 saturated heterocycles. The quantitative estimate of drug-likeness (QED) is 0.469. The summed E-state index contributed by atoms with van der Waals surface area (Å²) in [7, 11) is 0. The van der Waals surface area contributed by atoms with E-state index in [1.54, 1.807) is 19.1 Å². The Hall–Kier alpha value is -2.45. The molecule has 0 amide bonds. The number of carbonyl (C=O) groups excluding carboxylic acids is 2. The first-order valence-electron chi connectivity index (χ1n) is 9.15. The molecule has 2 aliphatic heterocycles. The van der Waals surface area contributed by atoms with Gasteiger partial charge < -0.3 is 24.8 Å². The lowest BCUT2D eigenvalue weighted by atomic mass is 9.45. The van der Waals surface area contributed by atoms with Gasteiger partial charge in [0.2, 0.25) is 0 Å². The summed E-state index contributed by atoms with van der Waals surface area (Å²) >= 11 is 0. The fourth-order valence-electron chi connectivity index (χ4n) is 5.54. The molecule has 8 nitrogen and oxygen atoms in total. The third-order valence-corrected chi connectivity index (χ3v) is 7.14. The Labute approximate surface area is 161 Å². The highest BCUT2D eigenvalue weighted by atomic mass is 16.6. The van der Waals surface area contributed by atoms with Crippen LogP contribution in [0.2, 0.25) is 0 Å². The predicted octanol–water partition coefficient (Wildman–Crippen LogP) is 0.490. The number of ether oxygens (including phenoxy) is 2. The van der Waals surface area contributed by atoms with Crippen LogP contribution in [0.3, 0.4) is 0 Å². The van der Waals surface area contributed by atoms with E-state index < -0.39 is 59.1 Å². The number of carboxylic acid groups (broad SMARTS) is 1. The van der Waals surface area contributed by atoms with Crippen molar-refractivity contribution in [1.82, 2.24) is 0 Å². The molecule has 4 aliphatic rings. The fourth-order valence-corrected chi connectivity index (χ4v) is 5.54. The number of carboxylic acids is 1. The van der Waals surface area contributed by atoms with Crippen molar-refractivity contribution < 1.29 is 39.2 Å². The van der Waals surface area contributed by atoms with Crippen molar-refractivity contribution in [3.8, 4) is 0 Å². The lowest BCUT2D eigenvalue weighted by Gasteiger charge is -2.61. The van der Waals surface area contributed by atoms with E-state index in [-0.39, 0.29) is 18.4 Å². The summed E-state index contributed by atoms with van der Waals surface area (Å²) in [4.78, 5) is 36.3. The molecule has 6 atom stereocenters. The van der Waals surface area contributed by atoms with E-state index in [1.165, 1.54) is 0 Å². The molecule has 0 aromatic heterocycles. The van der Waals surface area contributed by atoms with Crippen molar-refractivity contribution in [2.75, 3.05) is 6.61 Å². The fraction of sp³-hybridized carbons (Fsp3) is 0.550. The molecule has 3 fully saturated rings. The van der Waals surface area contributed by atoms with Gasteiger partial charge in [0.1, 0.15) is 12.2 Å². The Bertz CT molecular complexity index is 869. The summed E-state index contributed by atoms with van der Waals surface area (Å²) in [6.45, 7) is 3.05. The Morgan fingerprint density at radius 3 is 2.64 bits per heavy atom. The Kier molecular flexibility index (Phi) is 3.90. The van der Waals surface area contributed by atoms with Crippen molar-refractivity contribution >= 4 is 17.9 Å². The minimum Gasteiger partial charge on any atom is -0.478 e. The summed E-state index contributed by atoms with van der Waals surface area (Å²) in [5.41, 5.74) is -3.13. The molecule has 2 heterocycles. The van der Waals surface area contributed by atoms with Gasteiger partial charge >= 0.3 is 17.9 Å². The third kappa shape index (κ3) is 2.15. The van der Waals surface area contributed by atoms with Crippen LogP contribution in [0.15, 0.2) is 35.5 Å². The lowest BCUT2D eigenvalue weighted by Crippen LogP contribution is -2.70. The molecule has 28 heavy (non-hydrogen) atoms. The van der Waals surface area contributed by atoms with E-state index in [1.807, 2.05) is 13.0 Å². The first-order chi connectivity index (χ1) is 13.1. The zero-order valence-electron chi connectivity index (χ0n) is 15.5. The number of rotatable bonds is 3. The van der Waals surface area contributed by atoms with Crippen LogP contribution in [0.1, 0.15) is 26.7 Å². The van der Waals surface area contributed by atoms with Crippen molar-refractivity contribution in [3.05, 3.63) is 35.5 Å². The summed E-state index contributed by atoms with van der Waals surface area (Å²) < 4.78 is 10.9. The van der Waals surface area contributed by atoms with Gasteiger partial charge in [-0.2, -0.15) is 0 Å². The molecular formula is C20H22O8. The van der Waals surface area contributed by atoms with Crippen molar-refractivity contribution in [3.63, 3.8) is 0 Å². The second-order valence-corrected chi connectivity index (χ2v) is 8.42. The van der Waals surface area contributed by atoms with Crippen LogP contribution in [0.5, 0.6) is 0 Å². The molecule has 0 unspecified atom stereocenters. The van der Waals surface area contributed by atoms with Crippen LogP contribution in [0.4, 0.5) is 0 Å². The highest BCUT2D eigenvalue weighted by Crippen LogP contribution is 2.66. The van der Waals surface area contributed by atoms with Crippen LogP contribution >= 0.6 is 0 Å². The zero-order chi connectivity index (χ0) is 20.5. The molecule has 0 radical (unpaired) electrons. The maximum absolute atomic E-state index is 12.9. The number of aliphatic hydroxyl groups excluding tert-OH is 1. The van der Waals surface area contributed by atoms with Gasteiger partial charge in [-0.05, 0) is 12.3 Å². The van der Waals surface area contributed by atoms with E-state index in [9.17, 15) is 24.6 Å². The largest absolute Gasteiger partial charge is 0.478 e. The Balaban J connectivity index is 1.82. The number of hydrogen-bond acceptors (Lipinski definition) is 7. The zero-order valence-corrected chi connectivity index (χ0v) is 15.5. The predicted molar refractivity (Wildman–Crippen MR) is 93.7 cm³/mol. The molecule has 0 bridgehead atoms. The number of cyclic esters (lactones) is 1. The molecule has 0 spiro atoms. The Morgan fingerprint density at radius 2 is 2.00 bits per heavy atom. The van der Waals surface area contributed by atoms with Gasteiger partial charge in [-0.3, -0.25) is 0 Å². The van der Waals surface area contributed by atoms with Crippen LogP contribution in [-0.4, -0.2) is 57.6 Å². The van der Waals surface area contributed by atoms with Crippen molar-refractivity contribution in [1.29, 1.82) is 0 Å². The maximum atomic E-state index is 12.9. The summed E-state index contributed by atoms with van der Waals surface area (Å²) in [6, 6.07) is 0. The summed E-state index contributed by atoms with van der Waals surface area (Å²) in [5, 5.41) is 30.1. The van der Waals surface area contributed by atoms with E-state index in [0.717, 1.165) is 6.08 Å². The van der Waals surface area contributed by atoms with Crippen molar-refractivity contribution in [2.24, 2.45) is 16.7 Å². The molecule has 0 aromatic rings. The molecule has 2 aliphatic carbocycles. The third-order valence-electron chi connectivity index (χ3n) is 7.14. The second-order valence-electron chi connectivity index (χ2n) is 8.42. The number of carbonyl (C=O) groups is 3. The molecule has 3 N–H and O–H groups in total. The van der Waals surface area contributed by atoms with Gasteiger partial charge in [-0.25, -0.2) is 14.4 Å². The van der Waals surface area contributed by atoms with Gasteiger partial charge in [-0.1, -0.05) is 32.1 Å². The number of aliphatic hydroxyl groups is 2. The number of hydrogen-bond donors (Lipinski definition) is 3. The molecular weight excluding hydrogens is 368 g/mol. The normalized spacial score (nSPS) is 44.2. The molecule has 1 saturated carbocycles. The monoisotopic (exact) mass is 390 g/mol. The standard InChI is InChI=1S/C20H22O8/c1-18-7-12(10(9-21)6-15(22)23)27-17(25)20(18,26)8-14-19(2)11(16(24)28-14)4-3-5-13(18)19/h3-6,12-14,21,26H,7-9H2,1-2H3,(H,22,23)/b10-6-/t12-,13+,14-,18+,19+,20+/m0/s1. The highest BCUT2D eigenvalue weighted by molar-refractivity contribution is 5.94. The smallest absolute Gasteiger partial charge is 0.339 e. The van der Waals surface area contributed by atoms with Gasteiger partial charge in [0.15, 0.2) is 5.60 Å². The molecule has 0 aromatic carbocycles. The first kappa shape index (κ1) is 18.9. The van der Waals surface area contributed by atoms with Crippen LogP contribution in [-0.2, 0) is 23.9 Å². The minimum atomic E-state index is -1.90. The van der Waals surface area contributed by atoms with Gasteiger partial charge in [0, 0.05) is 34.5 Å². The number of aliphatic carboxylic acids is 1. The maximum Gasteiger partial charge on any atom is 0.339 e. The van der Waals surface area contributed by atoms with Gasteiger partial charge in [0.25, 0.3) is 0 Å². The van der Waals surface area contributed by atoms with Crippen molar-refractivity contribution in [2.45, 2.75) is 44.5 Å². The van der Waals surface area contributed by atoms with E-state index in [4.69, 9.17) is 14.6 Å². The SMILES string of the molecule is C[C@@]12C3=CC=C[C@@H]1[C@@]1(C)C[C@@H](/C(=C\C(=O)O)CO)OC(=O)[C@]1(O)C[C@@H]2OC3=O. The lowest BCUT2D eigenvalue weighted by molar-refractivity contribution is -0.243. The van der Waals surface area contributed by atoms with Crippen LogP contribution in [0.25, 0.3) is 0 Å². The topological polar surface area (TPSA) is 130 Å². The molecule has 8 heteroatoms. The highest BCUT2D eigenvalue weighted by Gasteiger charge is 2.73. The average molecular weight is 390 g/mol. The summed E-state index contributed by atoms with van der Waals surface area (Å²) in [6.07, 6.45) is 4.45. The van der Waals surface area contributed by atoms with Crippen LogP contribution in [0, 0.1) is 16.7 Å². The van der Waals surface area contributed by atoms with E-state index in [2.05, 4.69) is 0 Å². The average Bonchev–Trinajstić information content (AvgIpc) is 2.86.